The summed E-state index contributed by atoms with van der Waals surface area (Å²) in [4.78, 5) is 18.0. The van der Waals surface area contributed by atoms with Crippen molar-refractivity contribution in [2.24, 2.45) is 4.99 Å². The normalized spacial score (nSPS) is 11.8. The molecule has 0 bridgehead atoms. The Morgan fingerprint density at radius 3 is 2.68 bits per heavy atom. The fourth-order valence-electron chi connectivity index (χ4n) is 3.26. The lowest BCUT2D eigenvalue weighted by atomic mass is 10.2. The standard InChI is InChI=1S/C24H30N2O4S/c1-4-6-7-15-30-19-11-8-10-18(17-19)23(27)25-24-26(14-16-28-3)22-20(29-5-2)12-9-13-21(22)31-24/h8-13,17H,4-7,14-16H2,1-3H3. The number of benzene rings is 2. The summed E-state index contributed by atoms with van der Waals surface area (Å²) in [5, 5.41) is 0. The molecule has 0 N–H and O–H groups in total. The van der Waals surface area contributed by atoms with Crippen LogP contribution in [-0.4, -0.2) is 37.4 Å². The minimum Gasteiger partial charge on any atom is -0.494 e. The van der Waals surface area contributed by atoms with Gasteiger partial charge in [0.05, 0.1) is 24.5 Å². The maximum atomic E-state index is 13.0. The molecule has 1 amide bonds. The molecule has 166 valence electrons. The summed E-state index contributed by atoms with van der Waals surface area (Å²) < 4.78 is 19.9. The van der Waals surface area contributed by atoms with Crippen LogP contribution in [0.5, 0.6) is 11.5 Å². The van der Waals surface area contributed by atoms with Crippen molar-refractivity contribution in [3.8, 4) is 11.5 Å². The molecule has 0 radical (unpaired) electrons. The molecule has 31 heavy (non-hydrogen) atoms. The van der Waals surface area contributed by atoms with Gasteiger partial charge in [0.1, 0.15) is 17.0 Å². The lowest BCUT2D eigenvalue weighted by Gasteiger charge is -2.09. The Kier molecular flexibility index (Phi) is 8.67. The third-order valence-corrected chi connectivity index (χ3v) is 5.82. The number of aromatic nitrogens is 1. The number of carbonyl (C=O) groups excluding carboxylic acids is 1. The number of nitrogens with zero attached hydrogens (tertiary/aromatic N) is 2. The summed E-state index contributed by atoms with van der Waals surface area (Å²) in [6, 6.07) is 13.1. The molecular formula is C24H30N2O4S. The van der Waals surface area contributed by atoms with Crippen molar-refractivity contribution in [3.05, 3.63) is 52.8 Å². The fraction of sp³-hybridized carbons (Fsp3) is 0.417. The molecular weight excluding hydrogens is 412 g/mol. The lowest BCUT2D eigenvalue weighted by molar-refractivity contribution is 0.0997. The van der Waals surface area contributed by atoms with E-state index in [2.05, 4.69) is 11.9 Å². The summed E-state index contributed by atoms with van der Waals surface area (Å²) >= 11 is 1.47. The Morgan fingerprint density at radius 1 is 1.06 bits per heavy atom. The van der Waals surface area contributed by atoms with Crippen LogP contribution in [0.15, 0.2) is 47.5 Å². The molecule has 0 fully saturated rings. The highest BCUT2D eigenvalue weighted by molar-refractivity contribution is 7.16. The van der Waals surface area contributed by atoms with Crippen molar-refractivity contribution in [2.45, 2.75) is 39.7 Å². The molecule has 0 saturated carbocycles. The molecule has 1 heterocycles. The van der Waals surface area contributed by atoms with Crippen molar-refractivity contribution in [1.29, 1.82) is 0 Å². The number of amides is 1. The van der Waals surface area contributed by atoms with E-state index < -0.39 is 0 Å². The van der Waals surface area contributed by atoms with Crippen LogP contribution in [0.2, 0.25) is 0 Å². The highest BCUT2D eigenvalue weighted by Crippen LogP contribution is 2.27. The molecule has 0 atom stereocenters. The predicted octanol–water partition coefficient (Wildman–Crippen LogP) is 5.06. The number of unbranched alkanes of at least 4 members (excludes halogenated alkanes) is 2. The van der Waals surface area contributed by atoms with Crippen LogP contribution in [-0.2, 0) is 11.3 Å². The van der Waals surface area contributed by atoms with Crippen molar-refractivity contribution in [1.82, 2.24) is 4.57 Å². The Bertz CT molecular complexity index is 1070. The third kappa shape index (κ3) is 5.95. The van der Waals surface area contributed by atoms with Gasteiger partial charge in [0.2, 0.25) is 0 Å². The first kappa shape index (κ1) is 23.0. The molecule has 6 nitrogen and oxygen atoms in total. The summed E-state index contributed by atoms with van der Waals surface area (Å²) in [5.41, 5.74) is 1.44. The second kappa shape index (κ2) is 11.7. The van der Waals surface area contributed by atoms with E-state index in [9.17, 15) is 4.79 Å². The Labute approximate surface area is 187 Å². The molecule has 0 saturated heterocycles. The molecule has 0 aliphatic rings. The van der Waals surface area contributed by atoms with Gasteiger partial charge in [0.25, 0.3) is 5.91 Å². The van der Waals surface area contributed by atoms with Crippen LogP contribution in [0.25, 0.3) is 10.2 Å². The first-order valence-electron chi connectivity index (χ1n) is 10.7. The average Bonchev–Trinajstić information content (AvgIpc) is 3.13. The van der Waals surface area contributed by atoms with Crippen LogP contribution < -0.4 is 14.3 Å². The number of rotatable bonds is 11. The smallest absolute Gasteiger partial charge is 0.279 e. The predicted molar refractivity (Wildman–Crippen MR) is 124 cm³/mol. The quantitative estimate of drug-likeness (QED) is 0.390. The second-order valence-electron chi connectivity index (χ2n) is 7.07. The average molecular weight is 443 g/mol. The zero-order chi connectivity index (χ0) is 22.1. The van der Waals surface area contributed by atoms with E-state index in [0.29, 0.717) is 42.5 Å². The fourth-order valence-corrected chi connectivity index (χ4v) is 4.33. The highest BCUT2D eigenvalue weighted by Gasteiger charge is 2.13. The van der Waals surface area contributed by atoms with Crippen molar-refractivity contribution in [2.75, 3.05) is 26.9 Å². The zero-order valence-corrected chi connectivity index (χ0v) is 19.2. The second-order valence-corrected chi connectivity index (χ2v) is 8.07. The largest absolute Gasteiger partial charge is 0.494 e. The molecule has 1 aromatic heterocycles. The minimum absolute atomic E-state index is 0.297. The molecule has 0 aliphatic carbocycles. The molecule has 3 aromatic rings. The summed E-state index contributed by atoms with van der Waals surface area (Å²) in [7, 11) is 1.66. The van der Waals surface area contributed by atoms with E-state index in [1.54, 1.807) is 19.2 Å². The number of carbonyl (C=O) groups is 1. The topological polar surface area (TPSA) is 62.0 Å². The van der Waals surface area contributed by atoms with E-state index in [0.717, 1.165) is 35.2 Å². The van der Waals surface area contributed by atoms with E-state index in [4.69, 9.17) is 14.2 Å². The number of hydrogen-bond acceptors (Lipinski definition) is 5. The van der Waals surface area contributed by atoms with Gasteiger partial charge in [0, 0.05) is 19.2 Å². The maximum absolute atomic E-state index is 13.0. The molecule has 0 unspecified atom stereocenters. The van der Waals surface area contributed by atoms with Crippen molar-refractivity contribution in [3.63, 3.8) is 0 Å². The Balaban J connectivity index is 1.94. The maximum Gasteiger partial charge on any atom is 0.279 e. The van der Waals surface area contributed by atoms with Crippen molar-refractivity contribution >= 4 is 27.5 Å². The molecule has 2 aromatic carbocycles. The first-order chi connectivity index (χ1) is 15.2. The first-order valence-corrected chi connectivity index (χ1v) is 11.6. The molecule has 0 spiro atoms. The van der Waals surface area contributed by atoms with Gasteiger partial charge < -0.3 is 18.8 Å². The van der Waals surface area contributed by atoms with E-state index in [1.165, 1.54) is 11.3 Å². The van der Waals surface area contributed by atoms with Gasteiger partial charge in [-0.15, -0.1) is 0 Å². The van der Waals surface area contributed by atoms with E-state index >= 15 is 0 Å². The van der Waals surface area contributed by atoms with Crippen molar-refractivity contribution < 1.29 is 19.0 Å². The van der Waals surface area contributed by atoms with Crippen LogP contribution in [0.4, 0.5) is 0 Å². The monoisotopic (exact) mass is 442 g/mol. The van der Waals surface area contributed by atoms with Crippen LogP contribution in [0.1, 0.15) is 43.5 Å². The summed E-state index contributed by atoms with van der Waals surface area (Å²) in [6.07, 6.45) is 3.28. The van der Waals surface area contributed by atoms with Gasteiger partial charge in [-0.1, -0.05) is 43.2 Å². The van der Waals surface area contributed by atoms with Crippen LogP contribution >= 0.6 is 11.3 Å². The van der Waals surface area contributed by atoms with Crippen LogP contribution in [0, 0.1) is 0 Å². The van der Waals surface area contributed by atoms with Gasteiger partial charge in [0.15, 0.2) is 4.80 Å². The third-order valence-electron chi connectivity index (χ3n) is 4.78. The van der Waals surface area contributed by atoms with E-state index in [1.807, 2.05) is 41.8 Å². The number of fused-ring (bicyclic) bond motifs is 1. The van der Waals surface area contributed by atoms with E-state index in [-0.39, 0.29) is 5.91 Å². The SMILES string of the molecule is CCCCCOc1cccc(C(=O)N=c2sc3cccc(OCC)c3n2CCOC)c1. The Morgan fingerprint density at radius 2 is 1.90 bits per heavy atom. The minimum atomic E-state index is -0.297. The number of hydrogen-bond donors (Lipinski definition) is 0. The van der Waals surface area contributed by atoms with Gasteiger partial charge in [-0.2, -0.15) is 4.99 Å². The van der Waals surface area contributed by atoms with Gasteiger partial charge in [-0.3, -0.25) is 4.79 Å². The Hall–Kier alpha value is -2.64. The number of ether oxygens (including phenoxy) is 3. The molecule has 0 aliphatic heterocycles. The molecule has 7 heteroatoms. The number of para-hydroxylation sites is 1. The summed E-state index contributed by atoms with van der Waals surface area (Å²) in [6.45, 7) is 6.41. The van der Waals surface area contributed by atoms with Crippen LogP contribution in [0.3, 0.4) is 0 Å². The summed E-state index contributed by atoms with van der Waals surface area (Å²) in [5.74, 6) is 1.18. The van der Waals surface area contributed by atoms with Gasteiger partial charge in [-0.05, 0) is 43.7 Å². The lowest BCUT2D eigenvalue weighted by Crippen LogP contribution is -2.19. The van der Waals surface area contributed by atoms with Gasteiger partial charge >= 0.3 is 0 Å². The molecule has 3 rings (SSSR count). The number of thiazole rings is 1. The number of methoxy groups -OCH3 is 1. The highest BCUT2D eigenvalue weighted by atomic mass is 32.1. The zero-order valence-electron chi connectivity index (χ0n) is 18.4. The van der Waals surface area contributed by atoms with Gasteiger partial charge in [-0.25, -0.2) is 0 Å².